The van der Waals surface area contributed by atoms with Crippen LogP contribution in [0.3, 0.4) is 0 Å². The van der Waals surface area contributed by atoms with Crippen LogP contribution < -0.4 is 0 Å². The van der Waals surface area contributed by atoms with Gasteiger partial charge in [-0.3, -0.25) is 0 Å². The smallest absolute Gasteiger partial charge is 0.147 e. The quantitative estimate of drug-likeness (QED) is 0.344. The predicted molar refractivity (Wildman–Crippen MR) is 78.4 cm³/mol. The fraction of sp³-hybridized carbons (Fsp3) is 0.615. The maximum atomic E-state index is 7.95. The number of ether oxygens (including phenoxy) is 2. The number of nitrogens with zero attached hydrogens (tertiary/aromatic N) is 2. The van der Waals surface area contributed by atoms with Crippen molar-refractivity contribution in [2.45, 2.75) is 38.7 Å². The molecule has 0 fully saturated rings. The Balaban J connectivity index is 2.25. The molecule has 0 saturated carbocycles. The molecule has 0 aliphatic carbocycles. The Hall–Kier alpha value is -1.11. The summed E-state index contributed by atoms with van der Waals surface area (Å²) in [6.07, 6.45) is 2.72. The van der Waals surface area contributed by atoms with Gasteiger partial charge >= 0.3 is 0 Å². The van der Waals surface area contributed by atoms with E-state index in [1.807, 2.05) is 6.92 Å². The average Bonchev–Trinajstić information content (AvgIpc) is 2.37. The summed E-state index contributed by atoms with van der Waals surface area (Å²) in [7, 11) is -1.05. The summed E-state index contributed by atoms with van der Waals surface area (Å²) in [5.74, 6) is 0. The summed E-state index contributed by atoms with van der Waals surface area (Å²) < 4.78 is 10.9. The van der Waals surface area contributed by atoms with Crippen LogP contribution in [-0.4, -0.2) is 43.3 Å². The van der Waals surface area contributed by atoms with Crippen molar-refractivity contribution in [3.63, 3.8) is 0 Å². The molecule has 0 spiro atoms. The van der Waals surface area contributed by atoms with Crippen molar-refractivity contribution in [3.05, 3.63) is 24.3 Å². The van der Waals surface area contributed by atoms with E-state index in [1.54, 1.807) is 12.3 Å². The lowest BCUT2D eigenvalue weighted by atomic mass is 10.2. The van der Waals surface area contributed by atoms with Gasteiger partial charge < -0.3 is 14.9 Å². The molecule has 0 bridgehead atoms. The van der Waals surface area contributed by atoms with E-state index in [9.17, 15) is 0 Å². The van der Waals surface area contributed by atoms with Gasteiger partial charge in [0.15, 0.2) is 0 Å². The van der Waals surface area contributed by atoms with Gasteiger partial charge in [0.1, 0.15) is 19.2 Å². The van der Waals surface area contributed by atoms with E-state index < -0.39 is 8.07 Å². The minimum atomic E-state index is -1.05. The van der Waals surface area contributed by atoms with Gasteiger partial charge in [-0.2, -0.15) is 0 Å². The Bertz CT molecular complexity index is 393. The Labute approximate surface area is 115 Å². The lowest BCUT2D eigenvalue weighted by Gasteiger charge is -2.17. The highest BCUT2D eigenvalue weighted by molar-refractivity contribution is 6.76. The molecular formula is C13H23N3O2Si. The van der Waals surface area contributed by atoms with Crippen molar-refractivity contribution in [1.29, 1.82) is 5.41 Å². The summed E-state index contributed by atoms with van der Waals surface area (Å²) in [6.45, 7) is 9.70. The molecule has 1 heterocycles. The van der Waals surface area contributed by atoms with Crippen LogP contribution in [0, 0.1) is 5.41 Å². The Kier molecular flexibility index (Phi) is 6.27. The molecule has 1 N–H and O–H groups in total. The number of aromatic nitrogens is 2. The standard InChI is InChI=1S/C13H23N3O2Si/c1-11(13(14)12-5-6-15-9-16-12)18-10-17-7-8-19(2,3)4/h5-6,9,11,14H,7-8,10H2,1-4H3. The second-order valence-corrected chi connectivity index (χ2v) is 11.3. The Morgan fingerprint density at radius 3 is 2.74 bits per heavy atom. The average molecular weight is 281 g/mol. The number of nitrogens with one attached hydrogen (secondary N) is 1. The lowest BCUT2D eigenvalue weighted by molar-refractivity contribution is -0.0612. The summed E-state index contributed by atoms with van der Waals surface area (Å²) in [4.78, 5) is 7.85. The highest BCUT2D eigenvalue weighted by Crippen LogP contribution is 2.08. The highest BCUT2D eigenvalue weighted by atomic mass is 28.3. The van der Waals surface area contributed by atoms with Gasteiger partial charge in [0.05, 0.1) is 11.4 Å². The molecule has 1 rings (SSSR count). The number of rotatable bonds is 8. The topological polar surface area (TPSA) is 68.1 Å². The third kappa shape index (κ3) is 6.56. The maximum Gasteiger partial charge on any atom is 0.147 e. The minimum Gasteiger partial charge on any atom is -0.356 e. The lowest BCUT2D eigenvalue weighted by Crippen LogP contribution is -2.25. The normalized spacial score (nSPS) is 13.3. The van der Waals surface area contributed by atoms with E-state index >= 15 is 0 Å². The molecule has 1 aromatic rings. The molecule has 0 radical (unpaired) electrons. The molecule has 0 saturated heterocycles. The van der Waals surface area contributed by atoms with Gasteiger partial charge in [-0.05, 0) is 19.0 Å². The van der Waals surface area contributed by atoms with Gasteiger partial charge in [-0.25, -0.2) is 9.97 Å². The van der Waals surface area contributed by atoms with E-state index in [0.29, 0.717) is 11.4 Å². The summed E-state index contributed by atoms with van der Waals surface area (Å²) in [6, 6.07) is 2.82. The van der Waals surface area contributed by atoms with Gasteiger partial charge in [-0.15, -0.1) is 0 Å². The van der Waals surface area contributed by atoms with Gasteiger partial charge in [-0.1, -0.05) is 19.6 Å². The van der Waals surface area contributed by atoms with Crippen molar-refractivity contribution in [1.82, 2.24) is 9.97 Å². The summed E-state index contributed by atoms with van der Waals surface area (Å²) >= 11 is 0. The third-order valence-electron chi connectivity index (χ3n) is 2.66. The molecule has 0 aliphatic heterocycles. The minimum absolute atomic E-state index is 0.221. The van der Waals surface area contributed by atoms with E-state index in [1.165, 1.54) is 6.33 Å². The van der Waals surface area contributed by atoms with Gasteiger partial charge in [0.2, 0.25) is 0 Å². The van der Waals surface area contributed by atoms with Crippen LogP contribution in [-0.2, 0) is 9.47 Å². The van der Waals surface area contributed by atoms with E-state index in [2.05, 4.69) is 29.6 Å². The van der Waals surface area contributed by atoms with E-state index in [0.717, 1.165) is 12.7 Å². The zero-order valence-corrected chi connectivity index (χ0v) is 13.1. The molecule has 0 amide bonds. The van der Waals surface area contributed by atoms with Crippen molar-refractivity contribution >= 4 is 13.8 Å². The largest absolute Gasteiger partial charge is 0.356 e. The van der Waals surface area contributed by atoms with Crippen LogP contribution in [0.25, 0.3) is 0 Å². The summed E-state index contributed by atoms with van der Waals surface area (Å²) in [5, 5.41) is 7.95. The molecular weight excluding hydrogens is 258 g/mol. The van der Waals surface area contributed by atoms with Crippen molar-refractivity contribution in [2.24, 2.45) is 0 Å². The molecule has 106 valence electrons. The zero-order valence-electron chi connectivity index (χ0n) is 12.1. The highest BCUT2D eigenvalue weighted by Gasteiger charge is 2.14. The predicted octanol–water partition coefficient (Wildman–Crippen LogP) is 2.56. The van der Waals surface area contributed by atoms with E-state index in [4.69, 9.17) is 14.9 Å². The van der Waals surface area contributed by atoms with Crippen molar-refractivity contribution < 1.29 is 9.47 Å². The molecule has 19 heavy (non-hydrogen) atoms. The molecule has 1 unspecified atom stereocenters. The van der Waals surface area contributed by atoms with Crippen LogP contribution in [0.5, 0.6) is 0 Å². The molecule has 5 nitrogen and oxygen atoms in total. The van der Waals surface area contributed by atoms with Crippen LogP contribution in [0.1, 0.15) is 12.6 Å². The summed E-state index contributed by atoms with van der Waals surface area (Å²) in [5.41, 5.74) is 0.931. The molecule has 6 heteroatoms. The second-order valence-electron chi connectivity index (χ2n) is 5.65. The second kappa shape index (κ2) is 7.47. The van der Waals surface area contributed by atoms with Gasteiger partial charge in [0, 0.05) is 20.9 Å². The molecule has 0 aliphatic rings. The number of hydrogen-bond acceptors (Lipinski definition) is 5. The number of hydrogen-bond donors (Lipinski definition) is 1. The fourth-order valence-corrected chi connectivity index (χ4v) is 2.09. The van der Waals surface area contributed by atoms with Crippen LogP contribution in [0.15, 0.2) is 18.6 Å². The SMILES string of the molecule is CC(OCOCC[Si](C)(C)C)C(=N)c1ccncn1. The fourth-order valence-electron chi connectivity index (χ4n) is 1.33. The molecule has 0 aromatic carbocycles. The zero-order chi connectivity index (χ0) is 14.3. The first-order chi connectivity index (χ1) is 8.90. The van der Waals surface area contributed by atoms with E-state index in [-0.39, 0.29) is 12.9 Å². The maximum absolute atomic E-state index is 7.95. The van der Waals surface area contributed by atoms with Crippen molar-refractivity contribution in [3.8, 4) is 0 Å². The first-order valence-corrected chi connectivity index (χ1v) is 10.1. The van der Waals surface area contributed by atoms with Crippen molar-refractivity contribution in [2.75, 3.05) is 13.4 Å². The van der Waals surface area contributed by atoms with Crippen LogP contribution in [0.2, 0.25) is 25.7 Å². The monoisotopic (exact) mass is 281 g/mol. The van der Waals surface area contributed by atoms with Crippen LogP contribution in [0.4, 0.5) is 0 Å². The Morgan fingerprint density at radius 1 is 1.42 bits per heavy atom. The Morgan fingerprint density at radius 2 is 2.16 bits per heavy atom. The third-order valence-corrected chi connectivity index (χ3v) is 4.37. The first kappa shape index (κ1) is 15.9. The first-order valence-electron chi connectivity index (χ1n) is 6.44. The molecule has 1 atom stereocenters. The molecule has 1 aromatic heterocycles. The van der Waals surface area contributed by atoms with Gasteiger partial charge in [0.25, 0.3) is 0 Å². The van der Waals surface area contributed by atoms with Crippen LogP contribution >= 0.6 is 0 Å².